The maximum Gasteiger partial charge on any atom is 0.339 e. The van der Waals surface area contributed by atoms with Crippen molar-refractivity contribution < 1.29 is 26.9 Å². The van der Waals surface area contributed by atoms with Crippen LogP contribution in [0.4, 0.5) is 0 Å². The molecule has 1 atom stereocenters. The van der Waals surface area contributed by atoms with E-state index in [2.05, 4.69) is 0 Å². The SMILES string of the molecule is Cc1oc(CS(=O)CCS(C)(=O)=O)cc1C(=O)O. The van der Waals surface area contributed by atoms with Gasteiger partial charge in [0, 0.05) is 22.8 Å². The van der Waals surface area contributed by atoms with E-state index in [1.165, 1.54) is 13.0 Å². The first kappa shape index (κ1) is 14.9. The standard InChI is InChI=1S/C10H14O6S2/c1-7-9(10(11)12)5-8(16-7)6-17(13)3-4-18(2,14)15/h5H,3-4,6H2,1-2H3,(H,11,12). The minimum atomic E-state index is -3.15. The molecule has 0 radical (unpaired) electrons. The van der Waals surface area contributed by atoms with E-state index in [9.17, 15) is 17.4 Å². The number of hydrogen-bond acceptors (Lipinski definition) is 5. The molecular weight excluding hydrogens is 280 g/mol. The van der Waals surface area contributed by atoms with E-state index >= 15 is 0 Å². The first-order chi connectivity index (χ1) is 8.19. The van der Waals surface area contributed by atoms with Gasteiger partial charge in [0.05, 0.1) is 11.5 Å². The number of furan rings is 1. The summed E-state index contributed by atoms with van der Waals surface area (Å²) in [4.78, 5) is 10.8. The van der Waals surface area contributed by atoms with Crippen LogP contribution in [0, 0.1) is 6.92 Å². The summed E-state index contributed by atoms with van der Waals surface area (Å²) in [5.74, 6) is -0.700. The fourth-order valence-corrected chi connectivity index (χ4v) is 3.86. The Morgan fingerprint density at radius 2 is 2.11 bits per heavy atom. The fourth-order valence-electron chi connectivity index (χ4n) is 1.30. The highest BCUT2D eigenvalue weighted by molar-refractivity contribution is 7.92. The summed E-state index contributed by atoms with van der Waals surface area (Å²) in [6.45, 7) is 1.51. The van der Waals surface area contributed by atoms with Crippen LogP contribution < -0.4 is 0 Å². The van der Waals surface area contributed by atoms with Gasteiger partial charge in [-0.2, -0.15) is 0 Å². The van der Waals surface area contributed by atoms with Crippen LogP contribution in [0.3, 0.4) is 0 Å². The highest BCUT2D eigenvalue weighted by atomic mass is 32.2. The van der Waals surface area contributed by atoms with E-state index in [-0.39, 0.29) is 34.3 Å². The fraction of sp³-hybridized carbons (Fsp3) is 0.500. The molecule has 0 spiro atoms. The minimum absolute atomic E-state index is 0.0149. The van der Waals surface area contributed by atoms with Crippen LogP contribution in [0.1, 0.15) is 21.9 Å². The van der Waals surface area contributed by atoms with E-state index in [0.717, 1.165) is 6.26 Å². The average molecular weight is 294 g/mol. The summed E-state index contributed by atoms with van der Waals surface area (Å²) in [5.41, 5.74) is 0.0325. The maximum absolute atomic E-state index is 11.6. The first-order valence-corrected chi connectivity index (χ1v) is 8.59. The van der Waals surface area contributed by atoms with Gasteiger partial charge < -0.3 is 9.52 Å². The third-order valence-electron chi connectivity index (χ3n) is 2.18. The Morgan fingerprint density at radius 1 is 1.50 bits per heavy atom. The van der Waals surface area contributed by atoms with Crippen molar-refractivity contribution in [3.05, 3.63) is 23.2 Å². The molecule has 0 aromatic carbocycles. The van der Waals surface area contributed by atoms with Crippen molar-refractivity contribution in [2.75, 3.05) is 17.8 Å². The van der Waals surface area contributed by atoms with E-state index in [4.69, 9.17) is 9.52 Å². The minimum Gasteiger partial charge on any atom is -0.478 e. The molecule has 6 nitrogen and oxygen atoms in total. The molecule has 0 amide bonds. The summed E-state index contributed by atoms with van der Waals surface area (Å²) < 4.78 is 38.5. The summed E-state index contributed by atoms with van der Waals surface area (Å²) in [6.07, 6.45) is 1.07. The van der Waals surface area contributed by atoms with Crippen molar-refractivity contribution >= 4 is 26.6 Å². The molecule has 1 aromatic heterocycles. The third-order valence-corrected chi connectivity index (χ3v) is 4.65. The van der Waals surface area contributed by atoms with Crippen LogP contribution >= 0.6 is 0 Å². The van der Waals surface area contributed by atoms with Crippen molar-refractivity contribution in [3.8, 4) is 0 Å². The lowest BCUT2D eigenvalue weighted by molar-refractivity contribution is 0.0695. The highest BCUT2D eigenvalue weighted by Crippen LogP contribution is 2.16. The van der Waals surface area contributed by atoms with Crippen LogP contribution in [0.15, 0.2) is 10.5 Å². The third kappa shape index (κ3) is 4.61. The van der Waals surface area contributed by atoms with E-state index < -0.39 is 26.6 Å². The Labute approximate surface area is 107 Å². The van der Waals surface area contributed by atoms with Crippen LogP contribution in [-0.2, 0) is 26.4 Å². The molecular formula is C10H14O6S2. The van der Waals surface area contributed by atoms with Gasteiger partial charge in [-0.05, 0) is 13.0 Å². The second kappa shape index (κ2) is 5.66. The zero-order chi connectivity index (χ0) is 13.9. The normalized spacial score (nSPS) is 13.4. The molecule has 0 saturated heterocycles. The van der Waals surface area contributed by atoms with Crippen LogP contribution in [-0.4, -0.2) is 41.5 Å². The van der Waals surface area contributed by atoms with E-state index in [1.807, 2.05) is 0 Å². The summed E-state index contributed by atoms with van der Waals surface area (Å²) in [6, 6.07) is 1.32. The molecule has 0 saturated carbocycles. The van der Waals surface area contributed by atoms with Gasteiger partial charge in [-0.3, -0.25) is 4.21 Å². The number of carboxylic acids is 1. The molecule has 18 heavy (non-hydrogen) atoms. The Bertz CT molecular complexity index is 569. The number of carboxylic acid groups (broad SMARTS) is 1. The van der Waals surface area contributed by atoms with Crippen molar-refractivity contribution in [2.45, 2.75) is 12.7 Å². The second-order valence-electron chi connectivity index (χ2n) is 3.91. The van der Waals surface area contributed by atoms with Gasteiger partial charge in [0.15, 0.2) is 0 Å². The molecule has 0 bridgehead atoms. The Morgan fingerprint density at radius 3 is 2.56 bits per heavy atom. The monoisotopic (exact) mass is 294 g/mol. The summed E-state index contributed by atoms with van der Waals surface area (Å²) >= 11 is 0. The highest BCUT2D eigenvalue weighted by Gasteiger charge is 2.16. The molecule has 0 fully saturated rings. The molecule has 8 heteroatoms. The molecule has 1 rings (SSSR count). The molecule has 1 aromatic rings. The number of rotatable bonds is 6. The summed E-state index contributed by atoms with van der Waals surface area (Å²) in [5, 5.41) is 8.81. The van der Waals surface area contributed by atoms with Gasteiger partial charge in [0.25, 0.3) is 0 Å². The molecule has 0 aliphatic rings. The largest absolute Gasteiger partial charge is 0.478 e. The van der Waals surface area contributed by atoms with E-state index in [0.29, 0.717) is 0 Å². The molecule has 0 aliphatic heterocycles. The first-order valence-electron chi connectivity index (χ1n) is 5.04. The van der Waals surface area contributed by atoms with Crippen molar-refractivity contribution in [1.82, 2.24) is 0 Å². The predicted octanol–water partition coefficient (Wildman–Crippen LogP) is 0.580. The lowest BCUT2D eigenvalue weighted by atomic mass is 10.2. The zero-order valence-electron chi connectivity index (χ0n) is 10.0. The predicted molar refractivity (Wildman–Crippen MR) is 66.8 cm³/mol. The number of hydrogen-bond donors (Lipinski definition) is 1. The second-order valence-corrected chi connectivity index (χ2v) is 7.74. The molecule has 1 unspecified atom stereocenters. The van der Waals surface area contributed by atoms with Crippen LogP contribution in [0.5, 0.6) is 0 Å². The number of sulfone groups is 1. The van der Waals surface area contributed by atoms with E-state index in [1.54, 1.807) is 0 Å². The molecule has 0 aliphatic carbocycles. The Kier molecular flexibility index (Phi) is 4.69. The number of aromatic carboxylic acids is 1. The average Bonchev–Trinajstić information content (AvgIpc) is 2.55. The van der Waals surface area contributed by atoms with Crippen molar-refractivity contribution in [3.63, 3.8) is 0 Å². The maximum atomic E-state index is 11.6. The number of carbonyl (C=O) groups is 1. The van der Waals surface area contributed by atoms with Crippen LogP contribution in [0.25, 0.3) is 0 Å². The van der Waals surface area contributed by atoms with Gasteiger partial charge in [0.1, 0.15) is 26.9 Å². The topological polar surface area (TPSA) is 102 Å². The Balaban J connectivity index is 2.65. The Hall–Kier alpha value is -1.15. The smallest absolute Gasteiger partial charge is 0.339 e. The zero-order valence-corrected chi connectivity index (χ0v) is 11.6. The van der Waals surface area contributed by atoms with Crippen molar-refractivity contribution in [2.24, 2.45) is 0 Å². The molecule has 102 valence electrons. The molecule has 1 N–H and O–H groups in total. The van der Waals surface area contributed by atoms with Crippen molar-refractivity contribution in [1.29, 1.82) is 0 Å². The van der Waals surface area contributed by atoms with Gasteiger partial charge >= 0.3 is 5.97 Å². The van der Waals surface area contributed by atoms with Gasteiger partial charge in [-0.15, -0.1) is 0 Å². The lowest BCUT2D eigenvalue weighted by Crippen LogP contribution is -2.12. The summed E-state index contributed by atoms with van der Waals surface area (Å²) in [7, 11) is -4.54. The van der Waals surface area contributed by atoms with Gasteiger partial charge in [0.2, 0.25) is 0 Å². The number of aryl methyl sites for hydroxylation is 1. The van der Waals surface area contributed by atoms with Gasteiger partial charge in [-0.25, -0.2) is 13.2 Å². The quantitative estimate of drug-likeness (QED) is 0.823. The lowest BCUT2D eigenvalue weighted by Gasteiger charge is -1.98. The van der Waals surface area contributed by atoms with Crippen LogP contribution in [0.2, 0.25) is 0 Å². The molecule has 1 heterocycles. The van der Waals surface area contributed by atoms with Gasteiger partial charge in [-0.1, -0.05) is 0 Å².